The number of nitrogens with one attached hydrogen (secondary N) is 1. The minimum absolute atomic E-state index is 0.0870. The highest BCUT2D eigenvalue weighted by molar-refractivity contribution is 5.79. The molecule has 1 aromatic carbocycles. The standard InChI is InChI=1S/C18H25NO4/c1-3-12(2)13-7-4-5-10-16(13)23-11-17(20)19-15-9-6-8-14(15)18(21)22/h4-5,7,10,12,14-15H,3,6,8-9,11H2,1-2H3,(H,19,20)(H,21,22)/t12?,14-,15+/m0/s1. The summed E-state index contributed by atoms with van der Waals surface area (Å²) in [7, 11) is 0. The van der Waals surface area contributed by atoms with Crippen LogP contribution < -0.4 is 10.1 Å². The maximum Gasteiger partial charge on any atom is 0.308 e. The van der Waals surface area contributed by atoms with E-state index in [1.165, 1.54) is 0 Å². The third-order valence-corrected chi connectivity index (χ3v) is 4.60. The lowest BCUT2D eigenvalue weighted by Crippen LogP contribution is -2.42. The minimum atomic E-state index is -0.837. The average molecular weight is 319 g/mol. The highest BCUT2D eigenvalue weighted by Crippen LogP contribution is 2.28. The van der Waals surface area contributed by atoms with Gasteiger partial charge in [-0.25, -0.2) is 0 Å². The van der Waals surface area contributed by atoms with Gasteiger partial charge in [0.2, 0.25) is 0 Å². The van der Waals surface area contributed by atoms with Gasteiger partial charge in [0.15, 0.2) is 6.61 Å². The lowest BCUT2D eigenvalue weighted by Gasteiger charge is -2.19. The molecule has 5 heteroatoms. The van der Waals surface area contributed by atoms with Crippen LogP contribution in [0, 0.1) is 5.92 Å². The molecule has 1 fully saturated rings. The van der Waals surface area contributed by atoms with Gasteiger partial charge in [0.05, 0.1) is 5.92 Å². The van der Waals surface area contributed by atoms with E-state index in [4.69, 9.17) is 9.84 Å². The van der Waals surface area contributed by atoms with Crippen LogP contribution in [0.4, 0.5) is 0 Å². The minimum Gasteiger partial charge on any atom is -0.483 e. The Morgan fingerprint density at radius 2 is 2.09 bits per heavy atom. The van der Waals surface area contributed by atoms with Crippen molar-refractivity contribution < 1.29 is 19.4 Å². The van der Waals surface area contributed by atoms with Crippen LogP contribution in [0.25, 0.3) is 0 Å². The Labute approximate surface area is 137 Å². The van der Waals surface area contributed by atoms with Gasteiger partial charge >= 0.3 is 5.97 Å². The van der Waals surface area contributed by atoms with Gasteiger partial charge in [0.1, 0.15) is 5.75 Å². The number of carboxylic acids is 1. The molecule has 1 aromatic rings. The Balaban J connectivity index is 1.91. The Hall–Kier alpha value is -2.04. The van der Waals surface area contributed by atoms with Gasteiger partial charge in [-0.2, -0.15) is 0 Å². The van der Waals surface area contributed by atoms with Gasteiger partial charge in [0, 0.05) is 6.04 Å². The predicted molar refractivity (Wildman–Crippen MR) is 87.6 cm³/mol. The van der Waals surface area contributed by atoms with Crippen LogP contribution in [0.5, 0.6) is 5.75 Å². The highest BCUT2D eigenvalue weighted by atomic mass is 16.5. The number of carbonyl (C=O) groups excluding carboxylic acids is 1. The molecule has 1 aliphatic rings. The van der Waals surface area contributed by atoms with Crippen molar-refractivity contribution in [1.29, 1.82) is 0 Å². The summed E-state index contributed by atoms with van der Waals surface area (Å²) >= 11 is 0. The van der Waals surface area contributed by atoms with Crippen molar-refractivity contribution in [2.45, 2.75) is 51.5 Å². The first-order chi connectivity index (χ1) is 11.0. The number of aliphatic carboxylic acids is 1. The Morgan fingerprint density at radius 3 is 2.78 bits per heavy atom. The van der Waals surface area contributed by atoms with Gasteiger partial charge in [-0.1, -0.05) is 38.5 Å². The molecular formula is C18H25NO4. The first-order valence-electron chi connectivity index (χ1n) is 8.26. The van der Waals surface area contributed by atoms with E-state index in [2.05, 4.69) is 19.2 Å². The summed E-state index contributed by atoms with van der Waals surface area (Å²) in [6, 6.07) is 7.44. The van der Waals surface area contributed by atoms with Crippen LogP contribution in [-0.4, -0.2) is 29.6 Å². The number of amides is 1. The maximum absolute atomic E-state index is 12.1. The number of benzene rings is 1. The summed E-state index contributed by atoms with van der Waals surface area (Å²) in [5.74, 6) is -0.497. The summed E-state index contributed by atoms with van der Waals surface area (Å²) in [6.45, 7) is 4.15. The molecule has 5 nitrogen and oxygen atoms in total. The van der Waals surface area contributed by atoms with Crippen molar-refractivity contribution in [2.75, 3.05) is 6.61 Å². The van der Waals surface area contributed by atoms with Crippen molar-refractivity contribution >= 4 is 11.9 Å². The molecule has 0 aromatic heterocycles. The van der Waals surface area contributed by atoms with Gasteiger partial charge in [-0.05, 0) is 36.8 Å². The van der Waals surface area contributed by atoms with E-state index in [1.54, 1.807) is 0 Å². The molecule has 3 atom stereocenters. The van der Waals surface area contributed by atoms with E-state index in [0.29, 0.717) is 18.8 Å². The number of hydrogen-bond donors (Lipinski definition) is 2. The monoisotopic (exact) mass is 319 g/mol. The smallest absolute Gasteiger partial charge is 0.308 e. The van der Waals surface area contributed by atoms with Crippen molar-refractivity contribution in [3.05, 3.63) is 29.8 Å². The fraction of sp³-hybridized carbons (Fsp3) is 0.556. The molecule has 0 heterocycles. The SMILES string of the molecule is CCC(C)c1ccccc1OCC(=O)N[C@@H]1CCC[C@@H]1C(=O)O. The number of rotatable bonds is 7. The summed E-state index contributed by atoms with van der Waals surface area (Å²) in [5.41, 5.74) is 1.09. The lowest BCUT2D eigenvalue weighted by molar-refractivity contribution is -0.142. The molecule has 1 aliphatic carbocycles. The summed E-state index contributed by atoms with van der Waals surface area (Å²) in [4.78, 5) is 23.2. The van der Waals surface area contributed by atoms with Crippen LogP contribution >= 0.6 is 0 Å². The number of carboxylic acid groups (broad SMARTS) is 1. The quantitative estimate of drug-likeness (QED) is 0.810. The maximum atomic E-state index is 12.1. The molecule has 2 N–H and O–H groups in total. The third kappa shape index (κ3) is 4.47. The van der Waals surface area contributed by atoms with Crippen LogP contribution in [0.1, 0.15) is 51.0 Å². The Bertz CT molecular complexity index is 558. The molecule has 1 unspecified atom stereocenters. The van der Waals surface area contributed by atoms with Gasteiger partial charge in [-0.3, -0.25) is 9.59 Å². The average Bonchev–Trinajstić information content (AvgIpc) is 3.00. The van der Waals surface area contributed by atoms with E-state index >= 15 is 0 Å². The zero-order valence-corrected chi connectivity index (χ0v) is 13.7. The second kappa shape index (κ2) is 7.99. The van der Waals surface area contributed by atoms with E-state index in [-0.39, 0.29) is 18.6 Å². The molecule has 1 saturated carbocycles. The second-order valence-electron chi connectivity index (χ2n) is 6.19. The van der Waals surface area contributed by atoms with Gasteiger partial charge in [0.25, 0.3) is 5.91 Å². The Kier molecular flexibility index (Phi) is 6.02. The molecule has 0 bridgehead atoms. The molecule has 0 spiro atoms. The molecule has 1 amide bonds. The number of ether oxygens (including phenoxy) is 1. The van der Waals surface area contributed by atoms with Crippen LogP contribution in [0.2, 0.25) is 0 Å². The lowest BCUT2D eigenvalue weighted by atomic mass is 9.98. The second-order valence-corrected chi connectivity index (χ2v) is 6.19. The van der Waals surface area contributed by atoms with Gasteiger partial charge in [-0.15, -0.1) is 0 Å². The molecular weight excluding hydrogens is 294 g/mol. The number of hydrogen-bond acceptors (Lipinski definition) is 3. The largest absolute Gasteiger partial charge is 0.483 e. The molecule has 0 aliphatic heterocycles. The number of para-hydroxylation sites is 1. The van der Waals surface area contributed by atoms with E-state index < -0.39 is 11.9 Å². The summed E-state index contributed by atoms with van der Waals surface area (Å²) in [6.07, 6.45) is 3.17. The first kappa shape index (κ1) is 17.3. The predicted octanol–water partition coefficient (Wildman–Crippen LogP) is 2.95. The van der Waals surface area contributed by atoms with Crippen LogP contribution in [0.15, 0.2) is 24.3 Å². The van der Waals surface area contributed by atoms with E-state index in [1.807, 2.05) is 24.3 Å². The summed E-state index contributed by atoms with van der Waals surface area (Å²) < 4.78 is 5.67. The molecule has 2 rings (SSSR count). The molecule has 126 valence electrons. The molecule has 23 heavy (non-hydrogen) atoms. The zero-order chi connectivity index (χ0) is 16.8. The zero-order valence-electron chi connectivity index (χ0n) is 13.7. The van der Waals surface area contributed by atoms with Crippen molar-refractivity contribution in [2.24, 2.45) is 5.92 Å². The third-order valence-electron chi connectivity index (χ3n) is 4.60. The first-order valence-corrected chi connectivity index (χ1v) is 8.26. The Morgan fingerprint density at radius 1 is 1.35 bits per heavy atom. The van der Waals surface area contributed by atoms with E-state index in [0.717, 1.165) is 24.2 Å². The van der Waals surface area contributed by atoms with Crippen molar-refractivity contribution in [3.63, 3.8) is 0 Å². The molecule has 0 radical (unpaired) electrons. The fourth-order valence-electron chi connectivity index (χ4n) is 3.06. The normalized spacial score (nSPS) is 21.7. The molecule has 0 saturated heterocycles. The van der Waals surface area contributed by atoms with Crippen LogP contribution in [-0.2, 0) is 9.59 Å². The van der Waals surface area contributed by atoms with Crippen molar-refractivity contribution in [1.82, 2.24) is 5.32 Å². The summed E-state index contributed by atoms with van der Waals surface area (Å²) in [5, 5.41) is 11.9. The van der Waals surface area contributed by atoms with Crippen LogP contribution in [0.3, 0.4) is 0 Å². The number of carbonyl (C=O) groups is 2. The fourth-order valence-corrected chi connectivity index (χ4v) is 3.06. The van der Waals surface area contributed by atoms with E-state index in [9.17, 15) is 9.59 Å². The van der Waals surface area contributed by atoms with Gasteiger partial charge < -0.3 is 15.2 Å². The highest BCUT2D eigenvalue weighted by Gasteiger charge is 2.33. The van der Waals surface area contributed by atoms with Crippen molar-refractivity contribution in [3.8, 4) is 5.75 Å². The topological polar surface area (TPSA) is 75.6 Å².